The summed E-state index contributed by atoms with van der Waals surface area (Å²) in [4.78, 5) is 38.7. The molecule has 202 valence electrons. The van der Waals surface area contributed by atoms with Crippen LogP contribution in [0.3, 0.4) is 0 Å². The van der Waals surface area contributed by atoms with Gasteiger partial charge in [0.05, 0.1) is 0 Å². The monoisotopic (exact) mass is 552 g/mol. The van der Waals surface area contributed by atoms with E-state index in [1.54, 1.807) is 32.9 Å². The summed E-state index contributed by atoms with van der Waals surface area (Å²) in [6.45, 7) is 7.13. The molecule has 0 aromatic carbocycles. The summed E-state index contributed by atoms with van der Waals surface area (Å²) in [5.74, 6) is -1.02. The second-order valence-electron chi connectivity index (χ2n) is 8.90. The minimum atomic E-state index is -0.629. The van der Waals surface area contributed by atoms with Gasteiger partial charge >= 0.3 is 6.09 Å². The van der Waals surface area contributed by atoms with E-state index in [-0.39, 0.29) is 40.3 Å². The van der Waals surface area contributed by atoms with Gasteiger partial charge < -0.3 is 31.1 Å². The number of hydrogen-bond acceptors (Lipinski definition) is 9. The van der Waals surface area contributed by atoms with Crippen LogP contribution in [0.15, 0.2) is 36.4 Å². The Hall–Kier alpha value is -3.49. The summed E-state index contributed by atoms with van der Waals surface area (Å²) in [5, 5.41) is 28.0. The van der Waals surface area contributed by atoms with Gasteiger partial charge in [0, 0.05) is 39.3 Å². The first kappa shape index (κ1) is 29.7. The van der Waals surface area contributed by atoms with Crippen LogP contribution in [0, 0.1) is 9.28 Å². The van der Waals surface area contributed by atoms with E-state index in [2.05, 4.69) is 16.0 Å². The zero-order valence-electron chi connectivity index (χ0n) is 20.9. The van der Waals surface area contributed by atoms with Crippen LogP contribution in [-0.4, -0.2) is 87.6 Å². The lowest BCUT2D eigenvalue weighted by Gasteiger charge is -2.24. The Labute approximate surface area is 224 Å². The highest BCUT2D eigenvalue weighted by Crippen LogP contribution is 2.06. The second kappa shape index (κ2) is 13.7. The number of carbonyl (C=O) groups excluding carboxylic acids is 3. The molecular weight excluding hydrogens is 520 g/mol. The highest BCUT2D eigenvalue weighted by Gasteiger charge is 2.17. The van der Waals surface area contributed by atoms with Gasteiger partial charge in [-0.05, 0) is 45.0 Å². The molecule has 3 amide bonds. The van der Waals surface area contributed by atoms with Gasteiger partial charge in [-0.15, -0.1) is 0 Å². The molecule has 2 aromatic heterocycles. The molecule has 5 N–H and O–H groups in total. The number of pyridine rings is 2. The minimum absolute atomic E-state index is 0.000755. The third-order valence-corrected chi connectivity index (χ3v) is 5.47. The molecule has 12 nitrogen and oxygen atoms in total. The van der Waals surface area contributed by atoms with Crippen molar-refractivity contribution in [3.63, 3.8) is 0 Å². The fraction of sp³-hybridized carbons (Fsp3) is 0.435. The lowest BCUT2D eigenvalue weighted by molar-refractivity contribution is 0.0522. The van der Waals surface area contributed by atoms with Crippen molar-refractivity contribution in [1.29, 1.82) is 0 Å². The molecule has 0 fully saturated rings. The number of rotatable bonds is 11. The molecule has 0 saturated heterocycles. The average Bonchev–Trinajstić information content (AvgIpc) is 2.81. The van der Waals surface area contributed by atoms with Crippen molar-refractivity contribution >= 4 is 42.3 Å². The van der Waals surface area contributed by atoms with Crippen LogP contribution in [-0.2, 0) is 4.74 Å². The first-order valence-corrected chi connectivity index (χ1v) is 12.3. The Kier molecular flexibility index (Phi) is 11.0. The lowest BCUT2D eigenvalue weighted by Crippen LogP contribution is -2.44. The predicted molar refractivity (Wildman–Crippen MR) is 140 cm³/mol. The van der Waals surface area contributed by atoms with E-state index in [4.69, 9.17) is 29.2 Å². The minimum Gasteiger partial charge on any atom is -0.444 e. The SMILES string of the molecule is CC(C)(C)OC(=O)NCCN(CCNC(=O)c1cccc(=S)n1O)CCNC(=O)c1cccc(=S)n1O. The molecule has 0 bridgehead atoms. The number of nitrogens with one attached hydrogen (secondary N) is 3. The molecule has 0 aliphatic carbocycles. The summed E-state index contributed by atoms with van der Waals surface area (Å²) in [6.07, 6.45) is -0.554. The number of nitrogens with zero attached hydrogens (tertiary/aromatic N) is 3. The van der Waals surface area contributed by atoms with E-state index >= 15 is 0 Å². The van der Waals surface area contributed by atoms with Crippen LogP contribution in [0.5, 0.6) is 0 Å². The van der Waals surface area contributed by atoms with E-state index in [9.17, 15) is 24.8 Å². The van der Waals surface area contributed by atoms with Crippen molar-refractivity contribution in [3.05, 3.63) is 57.1 Å². The molecule has 14 heteroatoms. The van der Waals surface area contributed by atoms with Gasteiger partial charge in [0.15, 0.2) is 0 Å². The summed E-state index contributed by atoms with van der Waals surface area (Å²) in [6, 6.07) is 8.99. The van der Waals surface area contributed by atoms with E-state index in [0.29, 0.717) is 29.1 Å². The van der Waals surface area contributed by atoms with E-state index < -0.39 is 23.5 Å². The molecule has 0 saturated carbocycles. The third kappa shape index (κ3) is 9.82. The summed E-state index contributed by atoms with van der Waals surface area (Å²) in [7, 11) is 0. The highest BCUT2D eigenvalue weighted by molar-refractivity contribution is 7.71. The van der Waals surface area contributed by atoms with Crippen LogP contribution in [0.1, 0.15) is 41.7 Å². The standard InChI is InChI=1S/C23H32N6O6S2/c1-23(2,3)35-22(32)26-12-15-27(13-10-24-20(30)16-6-4-8-18(36)28(16)33)14-11-25-21(31)17-7-5-9-19(37)29(17)34/h4-9,33-34H,10-15H2,1-3H3,(H,24,30)(H,25,31)(H,26,32). The Morgan fingerprint density at radius 2 is 1.22 bits per heavy atom. The van der Waals surface area contributed by atoms with E-state index in [1.165, 1.54) is 24.3 Å². The molecule has 2 aromatic rings. The number of ether oxygens (including phenoxy) is 1. The lowest BCUT2D eigenvalue weighted by atomic mass is 10.2. The second-order valence-corrected chi connectivity index (χ2v) is 9.74. The Balaban J connectivity index is 1.94. The maximum Gasteiger partial charge on any atom is 0.407 e. The Morgan fingerprint density at radius 3 is 1.62 bits per heavy atom. The molecular formula is C23H32N6O6S2. The summed E-state index contributed by atoms with van der Waals surface area (Å²) >= 11 is 9.92. The third-order valence-electron chi connectivity index (χ3n) is 4.85. The molecule has 2 rings (SSSR count). The normalized spacial score (nSPS) is 11.1. The number of alkyl carbamates (subject to hydrolysis) is 1. The maximum atomic E-state index is 12.4. The maximum absolute atomic E-state index is 12.4. The molecule has 0 atom stereocenters. The molecule has 0 radical (unpaired) electrons. The van der Waals surface area contributed by atoms with E-state index in [1.807, 2.05) is 4.90 Å². The van der Waals surface area contributed by atoms with Crippen molar-refractivity contribution in [2.24, 2.45) is 0 Å². The Morgan fingerprint density at radius 1 is 0.811 bits per heavy atom. The van der Waals surface area contributed by atoms with Gasteiger partial charge in [0.1, 0.15) is 26.3 Å². The largest absolute Gasteiger partial charge is 0.444 e. The number of hydrogen-bond donors (Lipinski definition) is 5. The first-order chi connectivity index (χ1) is 17.4. The smallest absolute Gasteiger partial charge is 0.407 e. The van der Waals surface area contributed by atoms with Crippen LogP contribution >= 0.6 is 24.4 Å². The predicted octanol–water partition coefficient (Wildman–Crippen LogP) is 2.21. The van der Waals surface area contributed by atoms with Gasteiger partial charge in [-0.25, -0.2) is 4.79 Å². The molecule has 2 heterocycles. The highest BCUT2D eigenvalue weighted by atomic mass is 32.1. The van der Waals surface area contributed by atoms with Crippen molar-refractivity contribution in [1.82, 2.24) is 30.3 Å². The van der Waals surface area contributed by atoms with Crippen LogP contribution in [0.2, 0.25) is 0 Å². The van der Waals surface area contributed by atoms with Gasteiger partial charge in [-0.2, -0.15) is 9.46 Å². The van der Waals surface area contributed by atoms with Gasteiger partial charge in [0.25, 0.3) is 11.8 Å². The molecule has 0 unspecified atom stereocenters. The summed E-state index contributed by atoms with van der Waals surface area (Å²) in [5.41, 5.74) is -0.630. The van der Waals surface area contributed by atoms with Gasteiger partial charge in [0.2, 0.25) is 0 Å². The fourth-order valence-corrected chi connectivity index (χ4v) is 3.46. The average molecular weight is 553 g/mol. The molecule has 0 aliphatic rings. The fourth-order valence-electron chi connectivity index (χ4n) is 3.11. The van der Waals surface area contributed by atoms with Gasteiger partial charge in [-0.3, -0.25) is 14.5 Å². The number of aromatic nitrogens is 2. The number of amides is 3. The summed E-state index contributed by atoms with van der Waals surface area (Å²) < 4.78 is 6.70. The van der Waals surface area contributed by atoms with Crippen molar-refractivity contribution in [3.8, 4) is 0 Å². The zero-order chi connectivity index (χ0) is 27.6. The quantitative estimate of drug-likeness (QED) is 0.209. The molecule has 0 aliphatic heterocycles. The van der Waals surface area contributed by atoms with Crippen molar-refractivity contribution in [2.45, 2.75) is 26.4 Å². The zero-order valence-corrected chi connectivity index (χ0v) is 22.5. The van der Waals surface area contributed by atoms with Crippen molar-refractivity contribution in [2.75, 3.05) is 39.3 Å². The van der Waals surface area contributed by atoms with E-state index in [0.717, 1.165) is 0 Å². The topological polar surface area (TPSA) is 150 Å². The number of carbonyl (C=O) groups is 3. The first-order valence-electron chi connectivity index (χ1n) is 11.5. The van der Waals surface area contributed by atoms with Crippen molar-refractivity contribution < 1.29 is 29.5 Å². The molecule has 0 spiro atoms. The van der Waals surface area contributed by atoms with Gasteiger partial charge in [-0.1, -0.05) is 36.6 Å². The van der Waals surface area contributed by atoms with Crippen LogP contribution < -0.4 is 16.0 Å². The Bertz CT molecular complexity index is 1150. The van der Waals surface area contributed by atoms with Crippen LogP contribution in [0.4, 0.5) is 4.79 Å². The van der Waals surface area contributed by atoms with Crippen LogP contribution in [0.25, 0.3) is 0 Å². The molecule has 37 heavy (non-hydrogen) atoms.